The van der Waals surface area contributed by atoms with Gasteiger partial charge in [0.2, 0.25) is 0 Å². The molecule has 5 heteroatoms. The monoisotopic (exact) mass is 325 g/mol. The normalized spacial score (nSPS) is 39.2. The van der Waals surface area contributed by atoms with Crippen molar-refractivity contribution < 1.29 is 19.1 Å². The molecule has 6 atom stereocenters. The summed E-state index contributed by atoms with van der Waals surface area (Å²) in [5.74, 6) is -0.860. The molecule has 0 aromatic heterocycles. The third-order valence-electron chi connectivity index (χ3n) is 5.78. The highest BCUT2D eigenvalue weighted by atomic mass is 16.5. The number of ketones is 1. The molecule has 1 heterocycles. The lowest BCUT2D eigenvalue weighted by Gasteiger charge is -2.39. The van der Waals surface area contributed by atoms with E-state index in [4.69, 9.17) is 9.47 Å². The molecule has 1 fully saturated rings. The lowest BCUT2D eigenvalue weighted by molar-refractivity contribution is -0.151. The summed E-state index contributed by atoms with van der Waals surface area (Å²) >= 11 is 0. The summed E-state index contributed by atoms with van der Waals surface area (Å²) in [7, 11) is 1.34. The van der Waals surface area contributed by atoms with Gasteiger partial charge in [-0.15, -0.1) is 0 Å². The smallest absolute Gasteiger partial charge is 0.334 e. The first-order valence-electron chi connectivity index (χ1n) is 8.15. The molecule has 24 heavy (non-hydrogen) atoms. The summed E-state index contributed by atoms with van der Waals surface area (Å²) in [5.41, 5.74) is 0.117. The quantitative estimate of drug-likeness (QED) is 0.781. The minimum Gasteiger partial charge on any atom is -0.473 e. The molecule has 0 N–H and O–H groups in total. The van der Waals surface area contributed by atoms with Crippen LogP contribution in [0, 0.1) is 17.8 Å². The molecule has 0 radical (unpaired) electrons. The molecule has 3 aliphatic rings. The summed E-state index contributed by atoms with van der Waals surface area (Å²) < 4.78 is 10.9. The number of carbonyl (C=O) groups excluding carboxylic acids is 2. The molecule has 124 valence electrons. The lowest BCUT2D eigenvalue weighted by Crippen LogP contribution is -2.56. The van der Waals surface area contributed by atoms with Gasteiger partial charge in [0.25, 0.3) is 0 Å². The second kappa shape index (κ2) is 5.30. The molecule has 0 amide bonds. The highest BCUT2D eigenvalue weighted by Crippen LogP contribution is 2.60. The van der Waals surface area contributed by atoms with Crippen LogP contribution >= 0.6 is 0 Å². The van der Waals surface area contributed by atoms with Gasteiger partial charge >= 0.3 is 5.97 Å². The van der Waals surface area contributed by atoms with Gasteiger partial charge in [-0.3, -0.25) is 4.79 Å². The number of ether oxygens (including phenoxy) is 2. The van der Waals surface area contributed by atoms with Crippen LogP contribution in [0.15, 0.2) is 47.5 Å². The number of esters is 1. The van der Waals surface area contributed by atoms with Crippen molar-refractivity contribution in [2.24, 2.45) is 22.7 Å². The number of carbonyl (C=O) groups is 2. The molecule has 2 bridgehead atoms. The van der Waals surface area contributed by atoms with Gasteiger partial charge in [0.15, 0.2) is 23.8 Å². The van der Waals surface area contributed by atoms with Crippen LogP contribution < -0.4 is 0 Å². The van der Waals surface area contributed by atoms with Crippen molar-refractivity contribution in [3.8, 4) is 0 Å². The summed E-state index contributed by atoms with van der Waals surface area (Å²) in [6.45, 7) is 2.11. The summed E-state index contributed by atoms with van der Waals surface area (Å²) in [5, 5.41) is 0. The number of hydrogen-bond acceptors (Lipinski definition) is 5. The van der Waals surface area contributed by atoms with E-state index in [-0.39, 0.29) is 23.5 Å². The standard InChI is InChI=1S/C19H19NO4/c1-11-13-8-9-14(21)16(15(11)12-6-4-3-5-7-12)19(13)17(18(22)23-2)20-10-24-19/h3-11,13,15-17H,1-2H3/t11-,13-,15-,16+,17-,19?/m0/s1. The minimum absolute atomic E-state index is 0.0103. The third-order valence-corrected chi connectivity index (χ3v) is 5.78. The van der Waals surface area contributed by atoms with Crippen LogP contribution in [0.2, 0.25) is 0 Å². The molecule has 4 rings (SSSR count). The van der Waals surface area contributed by atoms with Gasteiger partial charge in [-0.25, -0.2) is 9.79 Å². The molecular weight excluding hydrogens is 306 g/mol. The number of methoxy groups -OCH3 is 1. The minimum atomic E-state index is -0.973. The van der Waals surface area contributed by atoms with E-state index in [0.29, 0.717) is 0 Å². The molecule has 1 aliphatic heterocycles. The van der Waals surface area contributed by atoms with Gasteiger partial charge in [0.05, 0.1) is 13.0 Å². The summed E-state index contributed by atoms with van der Waals surface area (Å²) in [6, 6.07) is 9.16. The van der Waals surface area contributed by atoms with Crippen LogP contribution in [-0.4, -0.2) is 36.9 Å². The molecule has 0 saturated heterocycles. The Morgan fingerprint density at radius 2 is 2.04 bits per heavy atom. The van der Waals surface area contributed by atoms with Crippen LogP contribution in [0.3, 0.4) is 0 Å². The fourth-order valence-electron chi connectivity index (χ4n) is 4.85. The highest BCUT2D eigenvalue weighted by Gasteiger charge is 2.70. The van der Waals surface area contributed by atoms with Crippen LogP contribution in [0.25, 0.3) is 0 Å². The topological polar surface area (TPSA) is 65.0 Å². The van der Waals surface area contributed by atoms with E-state index in [1.165, 1.54) is 13.5 Å². The van der Waals surface area contributed by atoms with Crippen molar-refractivity contribution in [1.82, 2.24) is 0 Å². The van der Waals surface area contributed by atoms with Gasteiger partial charge in [-0.1, -0.05) is 43.3 Å². The average molecular weight is 325 g/mol. The van der Waals surface area contributed by atoms with Gasteiger partial charge in [0, 0.05) is 11.8 Å². The molecular formula is C19H19NO4. The Balaban J connectivity index is 1.86. The molecule has 1 unspecified atom stereocenters. The Morgan fingerprint density at radius 1 is 1.29 bits per heavy atom. The van der Waals surface area contributed by atoms with Gasteiger partial charge in [-0.2, -0.15) is 0 Å². The SMILES string of the molecule is COC(=O)[C@@H]1N=COC12[C@@H]1C(=O)C=C[C@H]2[C@H](C)[C@H]1c1ccccc1. The first kappa shape index (κ1) is 15.1. The molecule has 1 spiro atoms. The van der Waals surface area contributed by atoms with Crippen molar-refractivity contribution >= 4 is 18.2 Å². The van der Waals surface area contributed by atoms with Gasteiger partial charge in [0.1, 0.15) is 0 Å². The Labute approximate surface area is 140 Å². The third kappa shape index (κ3) is 1.78. The number of aliphatic imine (C=N–C) groups is 1. The maximum Gasteiger partial charge on any atom is 0.334 e. The van der Waals surface area contributed by atoms with Crippen molar-refractivity contribution in [2.45, 2.75) is 24.5 Å². The lowest BCUT2D eigenvalue weighted by atomic mass is 9.71. The second-order valence-electron chi connectivity index (χ2n) is 6.71. The zero-order chi connectivity index (χ0) is 16.9. The number of allylic oxidation sites excluding steroid dienone is 1. The zero-order valence-electron chi connectivity index (χ0n) is 13.6. The first-order chi connectivity index (χ1) is 11.6. The Kier molecular flexibility index (Phi) is 3.34. The molecule has 1 aromatic carbocycles. The Hall–Kier alpha value is -2.43. The van der Waals surface area contributed by atoms with Crippen LogP contribution in [0.5, 0.6) is 0 Å². The molecule has 1 saturated carbocycles. The van der Waals surface area contributed by atoms with Gasteiger partial charge < -0.3 is 9.47 Å². The maximum atomic E-state index is 12.8. The van der Waals surface area contributed by atoms with E-state index in [0.717, 1.165) is 5.56 Å². The largest absolute Gasteiger partial charge is 0.473 e. The first-order valence-corrected chi connectivity index (χ1v) is 8.15. The molecule has 2 aliphatic carbocycles. The summed E-state index contributed by atoms with van der Waals surface area (Å²) in [4.78, 5) is 29.3. The number of benzene rings is 1. The second-order valence-corrected chi connectivity index (χ2v) is 6.71. The molecule has 5 nitrogen and oxygen atoms in total. The maximum absolute atomic E-state index is 12.8. The fourth-order valence-corrected chi connectivity index (χ4v) is 4.85. The predicted molar refractivity (Wildman–Crippen MR) is 87.6 cm³/mol. The van der Waals surface area contributed by atoms with E-state index < -0.39 is 23.5 Å². The van der Waals surface area contributed by atoms with Crippen molar-refractivity contribution in [3.05, 3.63) is 48.0 Å². The predicted octanol–water partition coefficient (Wildman–Crippen LogP) is 2.13. The highest BCUT2D eigenvalue weighted by molar-refractivity contribution is 5.97. The fraction of sp³-hybridized carbons (Fsp3) is 0.421. The van der Waals surface area contributed by atoms with Crippen LogP contribution in [0.1, 0.15) is 18.4 Å². The number of rotatable bonds is 2. The molecule has 1 aromatic rings. The number of nitrogens with zero attached hydrogens (tertiary/aromatic N) is 1. The van der Waals surface area contributed by atoms with E-state index in [1.807, 2.05) is 36.4 Å². The van der Waals surface area contributed by atoms with Crippen molar-refractivity contribution in [3.63, 3.8) is 0 Å². The van der Waals surface area contributed by atoms with Gasteiger partial charge in [-0.05, 0) is 17.6 Å². The van der Waals surface area contributed by atoms with Crippen molar-refractivity contribution in [1.29, 1.82) is 0 Å². The van der Waals surface area contributed by atoms with E-state index in [1.54, 1.807) is 6.08 Å². The Morgan fingerprint density at radius 3 is 2.75 bits per heavy atom. The van der Waals surface area contributed by atoms with E-state index in [2.05, 4.69) is 11.9 Å². The summed E-state index contributed by atoms with van der Waals surface area (Å²) in [6.07, 6.45) is 4.83. The zero-order valence-corrected chi connectivity index (χ0v) is 13.6. The number of hydrogen-bond donors (Lipinski definition) is 0. The van der Waals surface area contributed by atoms with E-state index in [9.17, 15) is 9.59 Å². The Bertz CT molecular complexity index is 741. The van der Waals surface area contributed by atoms with Crippen LogP contribution in [0.4, 0.5) is 0 Å². The van der Waals surface area contributed by atoms with Crippen LogP contribution in [-0.2, 0) is 19.1 Å². The average Bonchev–Trinajstić information content (AvgIpc) is 3.09. The van der Waals surface area contributed by atoms with E-state index >= 15 is 0 Å². The van der Waals surface area contributed by atoms with Crippen molar-refractivity contribution in [2.75, 3.05) is 7.11 Å².